The van der Waals surface area contributed by atoms with Crippen molar-refractivity contribution >= 4 is 28.9 Å². The van der Waals surface area contributed by atoms with Crippen LogP contribution in [0.4, 0.5) is 5.69 Å². The first kappa shape index (κ1) is 26.4. The van der Waals surface area contributed by atoms with Gasteiger partial charge in [0.2, 0.25) is 5.91 Å². The number of aryl methyl sites for hydroxylation is 1. The van der Waals surface area contributed by atoms with Crippen molar-refractivity contribution in [2.75, 3.05) is 4.90 Å². The third-order valence-electron chi connectivity index (χ3n) is 6.38. The summed E-state index contributed by atoms with van der Waals surface area (Å²) in [5.41, 5.74) is 1.84. The number of esters is 1. The van der Waals surface area contributed by atoms with Gasteiger partial charge in [-0.15, -0.1) is 11.3 Å². The normalized spacial score (nSPS) is 16.9. The van der Waals surface area contributed by atoms with Crippen LogP contribution in [0, 0.1) is 0 Å². The number of ether oxygens (including phenoxy) is 1. The molecule has 1 aromatic carbocycles. The summed E-state index contributed by atoms with van der Waals surface area (Å²) in [7, 11) is 0. The van der Waals surface area contributed by atoms with Crippen molar-refractivity contribution in [3.63, 3.8) is 0 Å². The van der Waals surface area contributed by atoms with Crippen LogP contribution in [0.2, 0.25) is 0 Å². The second-order valence-electron chi connectivity index (χ2n) is 9.53. The summed E-state index contributed by atoms with van der Waals surface area (Å²) in [6.45, 7) is 5.89. The number of carbonyl (C=O) groups excluding carboxylic acids is 2. The van der Waals surface area contributed by atoms with Gasteiger partial charge in [-0.3, -0.25) is 4.79 Å². The molecule has 1 aliphatic heterocycles. The van der Waals surface area contributed by atoms with E-state index in [-0.39, 0.29) is 24.0 Å². The molecule has 0 bridgehead atoms. The highest BCUT2D eigenvalue weighted by atomic mass is 32.1. The Bertz CT molecular complexity index is 921. The minimum atomic E-state index is -0.440. The van der Waals surface area contributed by atoms with Crippen molar-refractivity contribution in [3.8, 4) is 0 Å². The average molecular weight is 486 g/mol. The van der Waals surface area contributed by atoms with Crippen LogP contribution in [0.5, 0.6) is 0 Å². The molecule has 0 spiro atoms. The average Bonchev–Trinajstić information content (AvgIpc) is 3.43. The first-order chi connectivity index (χ1) is 16.4. The highest BCUT2D eigenvalue weighted by Crippen LogP contribution is 2.31. The number of aliphatic hydroxyl groups is 1. The number of nitrogens with zero attached hydrogens (tertiary/aromatic N) is 1. The van der Waals surface area contributed by atoms with E-state index >= 15 is 0 Å². The summed E-state index contributed by atoms with van der Waals surface area (Å²) in [5, 5.41) is 10.5. The topological polar surface area (TPSA) is 66.8 Å². The molecule has 2 atom stereocenters. The Hall–Kier alpha value is -2.18. The molecule has 0 saturated carbocycles. The number of thiophene rings is 1. The SMILES string of the molecule is CCCCCCC(O)c1ccc(N2C(=O)CC[C@H]2CCCc2ccc(C(=O)OC(C)C)s2)cc1. The van der Waals surface area contributed by atoms with E-state index in [4.69, 9.17) is 4.74 Å². The van der Waals surface area contributed by atoms with Crippen LogP contribution in [0.25, 0.3) is 0 Å². The summed E-state index contributed by atoms with van der Waals surface area (Å²) < 4.78 is 5.27. The largest absolute Gasteiger partial charge is 0.459 e. The van der Waals surface area contributed by atoms with Gasteiger partial charge in [0, 0.05) is 23.0 Å². The first-order valence-electron chi connectivity index (χ1n) is 12.8. The lowest BCUT2D eigenvalue weighted by Crippen LogP contribution is -2.32. The van der Waals surface area contributed by atoms with E-state index in [9.17, 15) is 14.7 Å². The maximum Gasteiger partial charge on any atom is 0.348 e. The summed E-state index contributed by atoms with van der Waals surface area (Å²) in [6, 6.07) is 11.9. The zero-order valence-electron chi connectivity index (χ0n) is 20.8. The third-order valence-corrected chi connectivity index (χ3v) is 7.50. The molecule has 6 heteroatoms. The third kappa shape index (κ3) is 7.41. The Balaban J connectivity index is 1.52. The zero-order valence-corrected chi connectivity index (χ0v) is 21.6. The number of anilines is 1. The Morgan fingerprint density at radius 2 is 1.88 bits per heavy atom. The van der Waals surface area contributed by atoms with Gasteiger partial charge in [0.25, 0.3) is 0 Å². The molecule has 2 heterocycles. The number of unbranched alkanes of at least 4 members (excludes halogenated alkanes) is 3. The van der Waals surface area contributed by atoms with Crippen molar-refractivity contribution in [1.82, 2.24) is 0 Å². The van der Waals surface area contributed by atoms with Crippen molar-refractivity contribution < 1.29 is 19.4 Å². The molecule has 1 fully saturated rings. The van der Waals surface area contributed by atoms with Crippen LogP contribution in [0.15, 0.2) is 36.4 Å². The Labute approximate surface area is 208 Å². The van der Waals surface area contributed by atoms with E-state index in [1.807, 2.05) is 55.1 Å². The second-order valence-corrected chi connectivity index (χ2v) is 10.7. The van der Waals surface area contributed by atoms with Crippen molar-refractivity contribution in [1.29, 1.82) is 0 Å². The van der Waals surface area contributed by atoms with Gasteiger partial charge in [-0.2, -0.15) is 0 Å². The van der Waals surface area contributed by atoms with E-state index in [0.717, 1.165) is 56.2 Å². The van der Waals surface area contributed by atoms with Crippen LogP contribution in [0.1, 0.15) is 105 Å². The molecule has 186 valence electrons. The van der Waals surface area contributed by atoms with E-state index < -0.39 is 6.10 Å². The lowest BCUT2D eigenvalue weighted by Gasteiger charge is -2.25. The molecular weight excluding hydrogens is 446 g/mol. The van der Waals surface area contributed by atoms with Gasteiger partial charge >= 0.3 is 5.97 Å². The fourth-order valence-corrected chi connectivity index (χ4v) is 5.50. The van der Waals surface area contributed by atoms with E-state index in [0.29, 0.717) is 11.3 Å². The van der Waals surface area contributed by atoms with Crippen molar-refractivity contribution in [2.45, 2.75) is 103 Å². The van der Waals surface area contributed by atoms with Gasteiger partial charge in [-0.05, 0) is 75.8 Å². The summed E-state index contributed by atoms with van der Waals surface area (Å²) in [6.07, 6.45) is 9.05. The highest BCUT2D eigenvalue weighted by Gasteiger charge is 2.31. The Morgan fingerprint density at radius 3 is 2.59 bits per heavy atom. The molecule has 0 radical (unpaired) electrons. The summed E-state index contributed by atoms with van der Waals surface area (Å²) in [5.74, 6) is -0.0824. The lowest BCUT2D eigenvalue weighted by atomic mass is 10.0. The fourth-order valence-electron chi connectivity index (χ4n) is 4.57. The quantitative estimate of drug-likeness (QED) is 0.249. The zero-order chi connectivity index (χ0) is 24.5. The number of hydrogen-bond acceptors (Lipinski definition) is 5. The molecule has 1 aliphatic rings. The summed E-state index contributed by atoms with van der Waals surface area (Å²) in [4.78, 5) is 28.5. The minimum Gasteiger partial charge on any atom is -0.459 e. The van der Waals surface area contributed by atoms with Gasteiger partial charge in [-0.1, -0.05) is 44.7 Å². The van der Waals surface area contributed by atoms with E-state index in [1.165, 1.54) is 29.1 Å². The Morgan fingerprint density at radius 1 is 1.12 bits per heavy atom. The van der Waals surface area contributed by atoms with Crippen LogP contribution in [-0.2, 0) is 16.0 Å². The molecule has 1 unspecified atom stereocenters. The van der Waals surface area contributed by atoms with Gasteiger partial charge in [0.05, 0.1) is 12.2 Å². The predicted molar refractivity (Wildman–Crippen MR) is 138 cm³/mol. The van der Waals surface area contributed by atoms with Gasteiger partial charge < -0.3 is 14.7 Å². The lowest BCUT2D eigenvalue weighted by molar-refractivity contribution is -0.117. The molecule has 1 aromatic heterocycles. The number of aliphatic hydroxyl groups excluding tert-OH is 1. The van der Waals surface area contributed by atoms with Crippen LogP contribution < -0.4 is 4.90 Å². The number of hydrogen-bond donors (Lipinski definition) is 1. The molecule has 1 saturated heterocycles. The molecule has 2 aromatic rings. The van der Waals surface area contributed by atoms with E-state index in [1.54, 1.807) is 0 Å². The maximum absolute atomic E-state index is 12.6. The predicted octanol–water partition coefficient (Wildman–Crippen LogP) is 6.84. The van der Waals surface area contributed by atoms with Crippen molar-refractivity contribution in [3.05, 3.63) is 51.7 Å². The molecule has 0 aliphatic carbocycles. The number of benzene rings is 1. The van der Waals surface area contributed by atoms with Crippen LogP contribution in [0.3, 0.4) is 0 Å². The highest BCUT2D eigenvalue weighted by molar-refractivity contribution is 7.13. The minimum absolute atomic E-state index is 0.118. The molecule has 1 amide bonds. The number of rotatable bonds is 13. The summed E-state index contributed by atoms with van der Waals surface area (Å²) >= 11 is 1.50. The van der Waals surface area contributed by atoms with Crippen molar-refractivity contribution in [2.24, 2.45) is 0 Å². The van der Waals surface area contributed by atoms with Crippen LogP contribution >= 0.6 is 11.3 Å². The molecule has 5 nitrogen and oxygen atoms in total. The number of carbonyl (C=O) groups is 2. The fraction of sp³-hybridized carbons (Fsp3) is 0.571. The molecule has 34 heavy (non-hydrogen) atoms. The molecule has 1 N–H and O–H groups in total. The first-order valence-corrected chi connectivity index (χ1v) is 13.6. The molecular formula is C28H39NO4S. The number of amides is 1. The molecule has 3 rings (SSSR count). The standard InChI is InChI=1S/C28H39NO4S/c1-4-5-6-7-11-25(30)21-12-14-23(15-13-21)29-22(16-19-27(29)31)9-8-10-24-17-18-26(34-24)28(32)33-20(2)3/h12-15,17-18,20,22,25,30H,4-11,16,19H2,1-3H3/t22-,25?/m1/s1. The van der Waals surface area contributed by atoms with Gasteiger partial charge in [0.15, 0.2) is 0 Å². The van der Waals surface area contributed by atoms with Gasteiger partial charge in [-0.25, -0.2) is 4.79 Å². The smallest absolute Gasteiger partial charge is 0.348 e. The van der Waals surface area contributed by atoms with Gasteiger partial charge in [0.1, 0.15) is 4.88 Å². The van der Waals surface area contributed by atoms with Crippen LogP contribution in [-0.4, -0.2) is 29.1 Å². The monoisotopic (exact) mass is 485 g/mol. The van der Waals surface area contributed by atoms with E-state index in [2.05, 4.69) is 6.92 Å². The second kappa shape index (κ2) is 13.1. The Kier molecular flexibility index (Phi) is 10.1. The maximum atomic E-state index is 12.6.